The largest absolute Gasteiger partial charge is 0.462 e. The Bertz CT molecular complexity index is 3140. The Kier molecular flexibility index (Phi) is 15.0. The fourth-order valence-electron chi connectivity index (χ4n) is 6.98. The number of anilines is 3. The summed E-state index contributed by atoms with van der Waals surface area (Å²) in [4.78, 5) is 36.2. The van der Waals surface area contributed by atoms with E-state index in [1.54, 1.807) is 54.3 Å². The van der Waals surface area contributed by atoms with E-state index in [9.17, 15) is 19.7 Å². The average molecular weight is 928 g/mol. The molecule has 0 bridgehead atoms. The van der Waals surface area contributed by atoms with Gasteiger partial charge in [0.15, 0.2) is 0 Å². The Balaban J connectivity index is 0.000000153. The van der Waals surface area contributed by atoms with Crippen molar-refractivity contribution in [1.29, 1.82) is 0 Å². The number of aromatic nitrogens is 12. The first-order valence-corrected chi connectivity index (χ1v) is 21.3. The quantitative estimate of drug-likeness (QED) is 0.0313. The van der Waals surface area contributed by atoms with Crippen LogP contribution >= 0.6 is 0 Å². The molecule has 0 unspecified atom stereocenters. The number of tetrazole rings is 3. The predicted octanol–water partition coefficient (Wildman–Crippen LogP) is 6.91. The summed E-state index contributed by atoms with van der Waals surface area (Å²) in [5, 5.41) is 52.0. The number of nitro groups is 1. The van der Waals surface area contributed by atoms with E-state index in [1.165, 1.54) is 12.1 Å². The second kappa shape index (κ2) is 22.0. The molecule has 9 rings (SSSR count). The maximum Gasteiger partial charge on any atom is 0.338 e. The first-order chi connectivity index (χ1) is 33.5. The monoisotopic (exact) mass is 927 g/mol. The number of esters is 1. The Morgan fingerprint density at radius 1 is 0.551 bits per heavy atom. The number of nitrogen functional groups attached to an aromatic ring is 3. The van der Waals surface area contributed by atoms with E-state index in [0.29, 0.717) is 76.5 Å². The lowest BCUT2D eigenvalue weighted by Crippen LogP contribution is -2.30. The lowest BCUT2D eigenvalue weighted by atomic mass is 10.0. The summed E-state index contributed by atoms with van der Waals surface area (Å²) in [5.41, 5.74) is 28.5. The number of nitro benzene ring substituents is 1. The molecule has 3 heterocycles. The van der Waals surface area contributed by atoms with E-state index >= 15 is 0 Å². The zero-order valence-corrected chi connectivity index (χ0v) is 37.4. The first-order valence-electron chi connectivity index (χ1n) is 21.3. The van der Waals surface area contributed by atoms with Crippen LogP contribution in [0, 0.1) is 10.1 Å². The van der Waals surface area contributed by atoms with Gasteiger partial charge in [0.1, 0.15) is 0 Å². The Labute approximate surface area is 393 Å². The van der Waals surface area contributed by atoms with Gasteiger partial charge in [-0.2, -0.15) is 15.6 Å². The van der Waals surface area contributed by atoms with Crippen molar-refractivity contribution in [2.45, 2.75) is 20.8 Å². The number of ether oxygens (including phenoxy) is 1. The highest BCUT2D eigenvalue weighted by atomic mass is 16.6. The third kappa shape index (κ3) is 11.4. The topological polar surface area (TPSA) is 331 Å². The summed E-state index contributed by atoms with van der Waals surface area (Å²) in [5.74, 6) is 1.03. The number of amides is 1. The van der Waals surface area contributed by atoms with Gasteiger partial charge in [0.25, 0.3) is 11.6 Å². The summed E-state index contributed by atoms with van der Waals surface area (Å²) in [6.07, 6.45) is 0. The molecule has 0 atom stereocenters. The van der Waals surface area contributed by atoms with E-state index in [4.69, 9.17) is 21.9 Å². The van der Waals surface area contributed by atoms with E-state index in [2.05, 4.69) is 61.9 Å². The summed E-state index contributed by atoms with van der Waals surface area (Å²) in [6, 6.07) is 37.7. The highest BCUT2D eigenvalue weighted by molar-refractivity contribution is 5.95. The van der Waals surface area contributed by atoms with Crippen LogP contribution in [0.5, 0.6) is 0 Å². The Morgan fingerprint density at radius 2 is 0.942 bits per heavy atom. The van der Waals surface area contributed by atoms with Gasteiger partial charge >= 0.3 is 5.97 Å². The molecule has 9 N–H and O–H groups in total. The minimum Gasteiger partial charge on any atom is -0.462 e. The number of nitrogens with two attached hydrogens (primary N) is 3. The van der Waals surface area contributed by atoms with E-state index in [1.807, 2.05) is 86.6 Å². The Morgan fingerprint density at radius 3 is 1.30 bits per heavy atom. The second-order valence-corrected chi connectivity index (χ2v) is 14.8. The number of aromatic amines is 3. The normalized spacial score (nSPS) is 10.5. The van der Waals surface area contributed by atoms with E-state index in [-0.39, 0.29) is 17.6 Å². The van der Waals surface area contributed by atoms with Gasteiger partial charge in [-0.3, -0.25) is 14.9 Å². The molecule has 0 spiro atoms. The fourth-order valence-corrected chi connectivity index (χ4v) is 6.98. The molecule has 22 nitrogen and oxygen atoms in total. The van der Waals surface area contributed by atoms with Crippen molar-refractivity contribution >= 4 is 34.6 Å². The molecule has 0 aliphatic heterocycles. The molecule has 1 amide bonds. The molecule has 3 aromatic heterocycles. The molecule has 0 aliphatic rings. The highest BCUT2D eigenvalue weighted by Gasteiger charge is 2.15. The zero-order chi connectivity index (χ0) is 48.9. The summed E-state index contributed by atoms with van der Waals surface area (Å²) in [7, 11) is 0. The molecule has 0 fully saturated rings. The van der Waals surface area contributed by atoms with Gasteiger partial charge in [0, 0.05) is 64.5 Å². The van der Waals surface area contributed by atoms with Crippen molar-refractivity contribution in [3.8, 4) is 67.5 Å². The Hall–Kier alpha value is -9.73. The van der Waals surface area contributed by atoms with Crippen LogP contribution in [0.4, 0.5) is 22.7 Å². The number of nitrogens with one attached hydrogen (secondary N) is 3. The van der Waals surface area contributed by atoms with Gasteiger partial charge in [0.05, 0.1) is 17.1 Å². The number of carbonyl (C=O) groups excluding carboxylic acids is 2. The van der Waals surface area contributed by atoms with E-state index in [0.717, 1.165) is 38.9 Å². The van der Waals surface area contributed by atoms with Gasteiger partial charge in [-0.05, 0) is 130 Å². The van der Waals surface area contributed by atoms with E-state index < -0.39 is 4.92 Å². The van der Waals surface area contributed by atoms with Gasteiger partial charge in [-0.25, -0.2) is 4.79 Å². The zero-order valence-electron chi connectivity index (χ0n) is 37.4. The number of non-ortho nitro benzene ring substituents is 1. The number of hydrogen-bond donors (Lipinski definition) is 6. The van der Waals surface area contributed by atoms with Crippen LogP contribution in [0.2, 0.25) is 0 Å². The number of hydrogen-bond acceptors (Lipinski definition) is 17. The van der Waals surface area contributed by atoms with Crippen LogP contribution in [-0.4, -0.2) is 103 Å². The molecular formula is C47H45N17O5. The SMILES string of the molecule is CCN(CC)C(=O)c1ccc(-c2ccc(-c3nn[nH]n3)c(N)c2)cc1.CCOC(=O)c1ccc(-c2ccc(-c3nn[nH]n3)c(N)c2)cc1.Nc1cc(-c2cccc([N+](=O)[O-])c2)ccc1-c1nn[nH]n1. The second-order valence-electron chi connectivity index (χ2n) is 14.8. The number of H-pyrrole nitrogens is 3. The molecule has 69 heavy (non-hydrogen) atoms. The van der Waals surface area contributed by atoms with Crippen molar-refractivity contribution in [2.75, 3.05) is 36.9 Å². The third-order valence-electron chi connectivity index (χ3n) is 10.5. The highest BCUT2D eigenvalue weighted by Crippen LogP contribution is 2.32. The average Bonchev–Trinajstić information content (AvgIpc) is 4.22. The predicted molar refractivity (Wildman–Crippen MR) is 258 cm³/mol. The third-order valence-corrected chi connectivity index (χ3v) is 10.5. The summed E-state index contributed by atoms with van der Waals surface area (Å²) < 4.78 is 4.97. The van der Waals surface area contributed by atoms with Crippen molar-refractivity contribution in [1.82, 2.24) is 66.8 Å². The molecule has 348 valence electrons. The minimum absolute atomic E-state index is 0.0355. The van der Waals surface area contributed by atoms with Crippen LogP contribution in [-0.2, 0) is 4.74 Å². The number of rotatable bonds is 12. The lowest BCUT2D eigenvalue weighted by Gasteiger charge is -2.18. The number of benzene rings is 6. The maximum atomic E-state index is 12.4. The molecular weight excluding hydrogens is 883 g/mol. The summed E-state index contributed by atoms with van der Waals surface area (Å²) >= 11 is 0. The molecule has 9 aromatic rings. The molecule has 0 saturated carbocycles. The molecule has 0 saturated heterocycles. The smallest absolute Gasteiger partial charge is 0.338 e. The van der Waals surface area contributed by atoms with Crippen molar-refractivity contribution < 1.29 is 19.2 Å². The molecule has 0 radical (unpaired) electrons. The van der Waals surface area contributed by atoms with Gasteiger partial charge in [-0.1, -0.05) is 54.6 Å². The van der Waals surface area contributed by atoms with Gasteiger partial charge in [-0.15, -0.1) is 30.6 Å². The molecule has 22 heteroatoms. The lowest BCUT2D eigenvalue weighted by molar-refractivity contribution is -0.384. The van der Waals surface area contributed by atoms with Crippen molar-refractivity contribution in [3.63, 3.8) is 0 Å². The minimum atomic E-state index is -0.430. The number of nitrogens with zero attached hydrogens (tertiary/aromatic N) is 11. The van der Waals surface area contributed by atoms with Crippen LogP contribution in [0.25, 0.3) is 67.5 Å². The van der Waals surface area contributed by atoms with Crippen molar-refractivity contribution in [3.05, 3.63) is 149 Å². The maximum absolute atomic E-state index is 12.4. The van der Waals surface area contributed by atoms with Crippen LogP contribution in [0.1, 0.15) is 41.5 Å². The van der Waals surface area contributed by atoms with Crippen molar-refractivity contribution in [2.24, 2.45) is 0 Å². The summed E-state index contributed by atoms with van der Waals surface area (Å²) in [6.45, 7) is 7.49. The van der Waals surface area contributed by atoms with Crippen LogP contribution in [0.15, 0.2) is 127 Å². The van der Waals surface area contributed by atoms with Crippen LogP contribution < -0.4 is 17.2 Å². The standard InChI is InChI=1S/C18H20N6O.C16H15N5O2.C13H10N6O2/c1-3-24(4-2)18(25)13-7-5-12(6-8-13)14-9-10-15(16(19)11-14)17-20-22-23-21-17;1-2-23-16(22)11-5-3-10(4-6-11)12-7-8-13(14(17)9-12)15-18-20-21-19-15;14-12-7-9(4-5-11(12)13-15-17-18-16-13)8-2-1-3-10(6-8)19(20)21/h5-11H,3-4,19H2,1-2H3,(H,20,21,22,23);3-9H,2,17H2,1H3,(H,18,19,20,21);1-7H,14H2,(H,15,16,17,18). The first kappa shape index (κ1) is 47.2. The fraction of sp³-hybridized carbons (Fsp3) is 0.128. The number of carbonyl (C=O) groups is 2. The van der Waals surface area contributed by atoms with Gasteiger partial charge in [0.2, 0.25) is 17.5 Å². The van der Waals surface area contributed by atoms with Gasteiger partial charge < -0.3 is 26.8 Å². The van der Waals surface area contributed by atoms with Crippen LogP contribution in [0.3, 0.4) is 0 Å². The molecule has 6 aromatic carbocycles. The molecule has 0 aliphatic carbocycles.